The molecule has 0 aromatic heterocycles. The monoisotopic (exact) mass is 165 g/mol. The first-order chi connectivity index (χ1) is 5.79. The number of hydrogen-bond acceptors (Lipinski definition) is 1. The highest BCUT2D eigenvalue weighted by molar-refractivity contribution is 5.32. The lowest BCUT2D eigenvalue weighted by Gasteiger charge is -2.07. The molecule has 1 heteroatoms. The van der Waals surface area contributed by atoms with Gasteiger partial charge in [-0.1, -0.05) is 31.7 Å². The van der Waals surface area contributed by atoms with Crippen LogP contribution in [0, 0.1) is 0 Å². The predicted molar refractivity (Wildman–Crippen MR) is 56.0 cm³/mol. The molecule has 0 aromatic rings. The summed E-state index contributed by atoms with van der Waals surface area (Å²) in [5.74, 6) is 0. The highest BCUT2D eigenvalue weighted by Gasteiger charge is 1.99. The van der Waals surface area contributed by atoms with Gasteiger partial charge in [0.05, 0.1) is 0 Å². The van der Waals surface area contributed by atoms with Crippen molar-refractivity contribution in [2.24, 2.45) is 5.73 Å². The molecule has 0 amide bonds. The summed E-state index contributed by atoms with van der Waals surface area (Å²) < 4.78 is 0. The average molecular weight is 165 g/mol. The van der Waals surface area contributed by atoms with Gasteiger partial charge in [-0.05, 0) is 37.5 Å². The van der Waals surface area contributed by atoms with Crippen LogP contribution >= 0.6 is 0 Å². The Bertz CT molecular complexity index is 187. The Balaban J connectivity index is 4.45. The van der Waals surface area contributed by atoms with Crippen LogP contribution < -0.4 is 5.73 Å². The molecule has 0 atom stereocenters. The molecule has 2 N–H and O–H groups in total. The van der Waals surface area contributed by atoms with Gasteiger partial charge in [0.25, 0.3) is 0 Å². The van der Waals surface area contributed by atoms with E-state index in [1.807, 2.05) is 6.08 Å². The molecule has 0 fully saturated rings. The standard InChI is InChI=1S/C11H19N/c1-4-7-10(5-2)11(6-3)8-9-12/h4,6-7H,1,5,8-9,12H2,2-3H3/b10-7-,11-6-. The van der Waals surface area contributed by atoms with E-state index >= 15 is 0 Å². The second-order valence-electron chi connectivity index (χ2n) is 2.63. The van der Waals surface area contributed by atoms with Crippen molar-refractivity contribution in [1.82, 2.24) is 0 Å². The topological polar surface area (TPSA) is 26.0 Å². The van der Waals surface area contributed by atoms with E-state index in [9.17, 15) is 0 Å². The van der Waals surface area contributed by atoms with Crippen molar-refractivity contribution >= 4 is 0 Å². The third-order valence-electron chi connectivity index (χ3n) is 1.87. The van der Waals surface area contributed by atoms with Gasteiger partial charge in [-0.3, -0.25) is 0 Å². The molecule has 0 aliphatic rings. The molecule has 0 spiro atoms. The Hall–Kier alpha value is -0.820. The Kier molecular flexibility index (Phi) is 6.39. The SMILES string of the molecule is C=C/C=C(CC)\C(=C/C)CCN. The van der Waals surface area contributed by atoms with Crippen LogP contribution in [0.25, 0.3) is 0 Å². The quantitative estimate of drug-likeness (QED) is 0.623. The molecule has 12 heavy (non-hydrogen) atoms. The minimum Gasteiger partial charge on any atom is -0.330 e. The van der Waals surface area contributed by atoms with Crippen molar-refractivity contribution in [3.05, 3.63) is 36.0 Å². The van der Waals surface area contributed by atoms with Gasteiger partial charge in [0.1, 0.15) is 0 Å². The van der Waals surface area contributed by atoms with E-state index in [-0.39, 0.29) is 0 Å². The molecule has 0 bridgehead atoms. The van der Waals surface area contributed by atoms with Crippen LogP contribution in [-0.4, -0.2) is 6.54 Å². The van der Waals surface area contributed by atoms with Gasteiger partial charge >= 0.3 is 0 Å². The fourth-order valence-electron chi connectivity index (χ4n) is 1.24. The van der Waals surface area contributed by atoms with Crippen LogP contribution in [0.1, 0.15) is 26.7 Å². The van der Waals surface area contributed by atoms with Crippen LogP contribution in [0.5, 0.6) is 0 Å². The zero-order chi connectivity index (χ0) is 9.40. The summed E-state index contributed by atoms with van der Waals surface area (Å²) in [6.07, 6.45) is 8.03. The maximum atomic E-state index is 5.50. The van der Waals surface area contributed by atoms with Crippen molar-refractivity contribution in [1.29, 1.82) is 0 Å². The largest absolute Gasteiger partial charge is 0.330 e. The smallest absolute Gasteiger partial charge is 0.00367 e. The zero-order valence-electron chi connectivity index (χ0n) is 8.14. The van der Waals surface area contributed by atoms with Crippen LogP contribution in [0.3, 0.4) is 0 Å². The first-order valence-electron chi connectivity index (χ1n) is 4.47. The molecule has 0 saturated heterocycles. The predicted octanol–water partition coefficient (Wildman–Crippen LogP) is 2.80. The molecule has 0 rings (SSSR count). The summed E-state index contributed by atoms with van der Waals surface area (Å²) in [7, 11) is 0. The van der Waals surface area contributed by atoms with E-state index in [2.05, 4.69) is 32.6 Å². The fraction of sp³-hybridized carbons (Fsp3) is 0.455. The Labute approximate surface area is 75.7 Å². The van der Waals surface area contributed by atoms with Gasteiger partial charge < -0.3 is 5.73 Å². The van der Waals surface area contributed by atoms with Gasteiger partial charge in [-0.25, -0.2) is 0 Å². The highest BCUT2D eigenvalue weighted by Crippen LogP contribution is 2.16. The van der Waals surface area contributed by atoms with E-state index in [4.69, 9.17) is 5.73 Å². The minimum atomic E-state index is 0.716. The molecule has 0 saturated carbocycles. The van der Waals surface area contributed by atoms with Crippen molar-refractivity contribution in [3.8, 4) is 0 Å². The summed E-state index contributed by atoms with van der Waals surface area (Å²) in [5.41, 5.74) is 8.19. The molecule has 68 valence electrons. The molecule has 0 aliphatic carbocycles. The van der Waals surface area contributed by atoms with E-state index in [1.165, 1.54) is 11.1 Å². The molecular weight excluding hydrogens is 146 g/mol. The van der Waals surface area contributed by atoms with Gasteiger partial charge in [-0.15, -0.1) is 0 Å². The number of allylic oxidation sites excluding steroid dienone is 4. The van der Waals surface area contributed by atoms with Crippen LogP contribution in [0.4, 0.5) is 0 Å². The third-order valence-corrected chi connectivity index (χ3v) is 1.87. The lowest BCUT2D eigenvalue weighted by atomic mass is 10.00. The summed E-state index contributed by atoms with van der Waals surface area (Å²) in [6.45, 7) is 8.61. The molecule has 0 unspecified atom stereocenters. The van der Waals surface area contributed by atoms with Crippen molar-refractivity contribution in [2.75, 3.05) is 6.54 Å². The molecule has 0 aliphatic heterocycles. The summed E-state index contributed by atoms with van der Waals surface area (Å²) in [5, 5.41) is 0. The highest BCUT2D eigenvalue weighted by atomic mass is 14.5. The van der Waals surface area contributed by atoms with E-state index in [1.54, 1.807) is 0 Å². The first-order valence-corrected chi connectivity index (χ1v) is 4.47. The maximum Gasteiger partial charge on any atom is -0.00367 e. The zero-order valence-corrected chi connectivity index (χ0v) is 8.14. The van der Waals surface area contributed by atoms with Crippen molar-refractivity contribution in [2.45, 2.75) is 26.7 Å². The van der Waals surface area contributed by atoms with Crippen LogP contribution in [-0.2, 0) is 0 Å². The first kappa shape index (κ1) is 11.2. The molecule has 0 aromatic carbocycles. The average Bonchev–Trinajstić information content (AvgIpc) is 2.11. The third kappa shape index (κ3) is 3.54. The number of rotatable bonds is 5. The van der Waals surface area contributed by atoms with E-state index in [0.29, 0.717) is 6.54 Å². The van der Waals surface area contributed by atoms with Crippen LogP contribution in [0.15, 0.2) is 36.0 Å². The number of hydrogen-bond donors (Lipinski definition) is 1. The summed E-state index contributed by atoms with van der Waals surface area (Å²) >= 11 is 0. The second-order valence-corrected chi connectivity index (χ2v) is 2.63. The lowest BCUT2D eigenvalue weighted by molar-refractivity contribution is 0.929. The van der Waals surface area contributed by atoms with Gasteiger partial charge in [0, 0.05) is 0 Å². The minimum absolute atomic E-state index is 0.716. The Morgan fingerprint density at radius 1 is 1.42 bits per heavy atom. The van der Waals surface area contributed by atoms with Gasteiger partial charge in [0.15, 0.2) is 0 Å². The molecular formula is C11H19N. The maximum absolute atomic E-state index is 5.50. The Morgan fingerprint density at radius 3 is 2.42 bits per heavy atom. The summed E-state index contributed by atoms with van der Waals surface area (Å²) in [4.78, 5) is 0. The van der Waals surface area contributed by atoms with Gasteiger partial charge in [0.2, 0.25) is 0 Å². The van der Waals surface area contributed by atoms with Crippen molar-refractivity contribution in [3.63, 3.8) is 0 Å². The molecule has 0 heterocycles. The molecule has 1 nitrogen and oxygen atoms in total. The van der Waals surface area contributed by atoms with Gasteiger partial charge in [-0.2, -0.15) is 0 Å². The lowest BCUT2D eigenvalue weighted by Crippen LogP contribution is -2.01. The number of nitrogens with two attached hydrogens (primary N) is 1. The molecule has 0 radical (unpaired) electrons. The fourth-order valence-corrected chi connectivity index (χ4v) is 1.24. The summed E-state index contributed by atoms with van der Waals surface area (Å²) in [6, 6.07) is 0. The normalized spacial score (nSPS) is 13.2. The van der Waals surface area contributed by atoms with E-state index in [0.717, 1.165) is 12.8 Å². The Morgan fingerprint density at radius 2 is 2.08 bits per heavy atom. The van der Waals surface area contributed by atoms with E-state index < -0.39 is 0 Å². The van der Waals surface area contributed by atoms with Crippen LogP contribution in [0.2, 0.25) is 0 Å². The second kappa shape index (κ2) is 6.86. The van der Waals surface area contributed by atoms with Crippen molar-refractivity contribution < 1.29 is 0 Å².